The Morgan fingerprint density at radius 2 is 1.71 bits per heavy atom. The molecule has 8 heteroatoms. The van der Waals surface area contributed by atoms with Gasteiger partial charge in [-0.1, -0.05) is 6.07 Å². The molecule has 0 aliphatic carbocycles. The average Bonchev–Trinajstić information content (AvgIpc) is 3.20. The molecule has 0 atom stereocenters. The molecule has 8 nitrogen and oxygen atoms in total. The molecule has 4 rings (SSSR count). The normalized spacial score (nSPS) is 11.8. The summed E-state index contributed by atoms with van der Waals surface area (Å²) < 4.78 is 21.3. The smallest absolute Gasteiger partial charge is 0.231 e. The Labute approximate surface area is 162 Å². The van der Waals surface area contributed by atoms with Crippen LogP contribution in [0.2, 0.25) is 0 Å². The topological polar surface area (TPSA) is 86.8 Å². The van der Waals surface area contributed by atoms with Gasteiger partial charge in [-0.2, -0.15) is 0 Å². The molecule has 0 saturated heterocycles. The van der Waals surface area contributed by atoms with Crippen LogP contribution < -0.4 is 29.6 Å². The van der Waals surface area contributed by atoms with Crippen molar-refractivity contribution < 1.29 is 18.9 Å². The van der Waals surface area contributed by atoms with Gasteiger partial charge in [0.1, 0.15) is 18.0 Å². The van der Waals surface area contributed by atoms with Crippen LogP contribution in [0.1, 0.15) is 5.56 Å². The number of nitrogens with zero attached hydrogens (tertiary/aromatic N) is 2. The maximum atomic E-state index is 5.40. The van der Waals surface area contributed by atoms with Gasteiger partial charge in [-0.05, 0) is 29.8 Å². The highest BCUT2D eigenvalue weighted by atomic mass is 16.7. The molecule has 1 aliphatic rings. The number of rotatable bonds is 7. The Kier molecular flexibility index (Phi) is 5.01. The maximum Gasteiger partial charge on any atom is 0.231 e. The molecule has 0 radical (unpaired) electrons. The van der Waals surface area contributed by atoms with Crippen LogP contribution in [0.3, 0.4) is 0 Å². The van der Waals surface area contributed by atoms with E-state index in [9.17, 15) is 0 Å². The van der Waals surface area contributed by atoms with Crippen molar-refractivity contribution >= 4 is 17.3 Å². The van der Waals surface area contributed by atoms with Crippen molar-refractivity contribution in [3.63, 3.8) is 0 Å². The molecule has 2 aromatic carbocycles. The Balaban J connectivity index is 1.42. The van der Waals surface area contributed by atoms with E-state index in [2.05, 4.69) is 20.6 Å². The van der Waals surface area contributed by atoms with Gasteiger partial charge in [0.05, 0.1) is 14.2 Å². The third-order valence-corrected chi connectivity index (χ3v) is 4.23. The maximum absolute atomic E-state index is 5.40. The molecule has 0 saturated carbocycles. The van der Waals surface area contributed by atoms with E-state index in [4.69, 9.17) is 18.9 Å². The molecule has 0 unspecified atom stereocenters. The fourth-order valence-electron chi connectivity index (χ4n) is 2.83. The zero-order chi connectivity index (χ0) is 19.3. The summed E-state index contributed by atoms with van der Waals surface area (Å²) in [6, 6.07) is 13.3. The van der Waals surface area contributed by atoms with Crippen molar-refractivity contribution in [2.24, 2.45) is 0 Å². The van der Waals surface area contributed by atoms with Gasteiger partial charge >= 0.3 is 0 Å². The molecule has 0 fully saturated rings. The highest BCUT2D eigenvalue weighted by Gasteiger charge is 2.13. The number of benzene rings is 2. The van der Waals surface area contributed by atoms with Gasteiger partial charge < -0.3 is 29.6 Å². The van der Waals surface area contributed by atoms with Crippen molar-refractivity contribution in [3.05, 3.63) is 54.4 Å². The van der Waals surface area contributed by atoms with E-state index in [0.29, 0.717) is 35.4 Å². The Morgan fingerprint density at radius 1 is 0.893 bits per heavy atom. The number of nitrogens with one attached hydrogen (secondary N) is 2. The third-order valence-electron chi connectivity index (χ3n) is 4.23. The number of aromatic nitrogens is 2. The summed E-state index contributed by atoms with van der Waals surface area (Å²) in [7, 11) is 3.24. The SMILES string of the molecule is COc1ccc(CNc2cc(Nc3ccc4c(c3)OCO4)ncn2)cc1OC. The van der Waals surface area contributed by atoms with Gasteiger partial charge in [-0.15, -0.1) is 0 Å². The number of anilines is 3. The third kappa shape index (κ3) is 3.85. The minimum atomic E-state index is 0.247. The monoisotopic (exact) mass is 380 g/mol. The van der Waals surface area contributed by atoms with Gasteiger partial charge in [0.25, 0.3) is 0 Å². The molecule has 1 aromatic heterocycles. The predicted octanol–water partition coefficient (Wildman–Crippen LogP) is 3.58. The number of hydrogen-bond acceptors (Lipinski definition) is 8. The van der Waals surface area contributed by atoms with E-state index in [-0.39, 0.29) is 6.79 Å². The van der Waals surface area contributed by atoms with Crippen LogP contribution in [0, 0.1) is 0 Å². The summed E-state index contributed by atoms with van der Waals surface area (Å²) in [5, 5.41) is 6.53. The minimum absolute atomic E-state index is 0.247. The van der Waals surface area contributed by atoms with Crippen LogP contribution in [-0.2, 0) is 6.54 Å². The molecule has 0 amide bonds. The van der Waals surface area contributed by atoms with E-state index < -0.39 is 0 Å². The molecule has 2 heterocycles. The van der Waals surface area contributed by atoms with Crippen LogP contribution >= 0.6 is 0 Å². The number of hydrogen-bond donors (Lipinski definition) is 2. The second-order valence-electron chi connectivity index (χ2n) is 6.02. The summed E-state index contributed by atoms with van der Waals surface area (Å²) in [6.07, 6.45) is 1.51. The van der Waals surface area contributed by atoms with Gasteiger partial charge in [0, 0.05) is 24.4 Å². The van der Waals surface area contributed by atoms with Crippen LogP contribution in [0.25, 0.3) is 0 Å². The first-order valence-electron chi connectivity index (χ1n) is 8.68. The lowest BCUT2D eigenvalue weighted by molar-refractivity contribution is 0.174. The second kappa shape index (κ2) is 7.91. The molecular formula is C20H20N4O4. The first kappa shape index (κ1) is 17.7. The fourth-order valence-corrected chi connectivity index (χ4v) is 2.83. The van der Waals surface area contributed by atoms with Crippen LogP contribution in [0.4, 0.5) is 17.3 Å². The molecule has 3 aromatic rings. The van der Waals surface area contributed by atoms with Gasteiger partial charge in [0.2, 0.25) is 6.79 Å². The molecule has 2 N–H and O–H groups in total. The van der Waals surface area contributed by atoms with E-state index in [1.54, 1.807) is 14.2 Å². The fraction of sp³-hybridized carbons (Fsp3) is 0.200. The van der Waals surface area contributed by atoms with Crippen molar-refractivity contribution in [1.29, 1.82) is 0 Å². The summed E-state index contributed by atoms with van der Waals surface area (Å²) in [6.45, 7) is 0.831. The summed E-state index contributed by atoms with van der Waals surface area (Å²) >= 11 is 0. The second-order valence-corrected chi connectivity index (χ2v) is 6.02. The molecular weight excluding hydrogens is 360 g/mol. The summed E-state index contributed by atoms with van der Waals surface area (Å²) in [4.78, 5) is 8.53. The van der Waals surface area contributed by atoms with E-state index >= 15 is 0 Å². The molecule has 144 valence electrons. The summed E-state index contributed by atoms with van der Waals surface area (Å²) in [5.74, 6) is 4.21. The van der Waals surface area contributed by atoms with Crippen molar-refractivity contribution in [2.45, 2.75) is 6.54 Å². The van der Waals surface area contributed by atoms with Crippen molar-refractivity contribution in [1.82, 2.24) is 9.97 Å². The Hall–Kier alpha value is -3.68. The zero-order valence-corrected chi connectivity index (χ0v) is 15.6. The van der Waals surface area contributed by atoms with Crippen LogP contribution in [0.15, 0.2) is 48.8 Å². The quantitative estimate of drug-likeness (QED) is 0.643. The molecule has 28 heavy (non-hydrogen) atoms. The largest absolute Gasteiger partial charge is 0.493 e. The Morgan fingerprint density at radius 3 is 2.57 bits per heavy atom. The van der Waals surface area contributed by atoms with E-state index in [1.165, 1.54) is 6.33 Å². The zero-order valence-electron chi connectivity index (χ0n) is 15.6. The number of fused-ring (bicyclic) bond motifs is 1. The van der Waals surface area contributed by atoms with Gasteiger partial charge in [-0.3, -0.25) is 0 Å². The van der Waals surface area contributed by atoms with Crippen molar-refractivity contribution in [2.75, 3.05) is 31.6 Å². The van der Waals surface area contributed by atoms with Crippen molar-refractivity contribution in [3.8, 4) is 23.0 Å². The highest BCUT2D eigenvalue weighted by Crippen LogP contribution is 2.35. The molecule has 0 bridgehead atoms. The van der Waals surface area contributed by atoms with Gasteiger partial charge in [0.15, 0.2) is 23.0 Å². The standard InChI is InChI=1S/C20H20N4O4/c1-25-15-5-3-13(7-17(15)26-2)10-21-19-9-20(23-11-22-19)24-14-4-6-16-18(8-14)28-12-27-16/h3-9,11H,10,12H2,1-2H3,(H2,21,22,23,24). The lowest BCUT2D eigenvalue weighted by atomic mass is 10.2. The molecule has 1 aliphatic heterocycles. The lowest BCUT2D eigenvalue weighted by Gasteiger charge is -2.11. The number of ether oxygens (including phenoxy) is 4. The minimum Gasteiger partial charge on any atom is -0.493 e. The summed E-state index contributed by atoms with van der Waals surface area (Å²) in [5.41, 5.74) is 1.90. The molecule has 0 spiro atoms. The number of methoxy groups -OCH3 is 2. The van der Waals surface area contributed by atoms with Gasteiger partial charge in [-0.25, -0.2) is 9.97 Å². The lowest BCUT2D eigenvalue weighted by Crippen LogP contribution is -2.03. The van der Waals surface area contributed by atoms with Crippen LogP contribution in [-0.4, -0.2) is 31.0 Å². The van der Waals surface area contributed by atoms with Crippen LogP contribution in [0.5, 0.6) is 23.0 Å². The van der Waals surface area contributed by atoms with E-state index in [1.807, 2.05) is 42.5 Å². The predicted molar refractivity (Wildman–Crippen MR) is 105 cm³/mol. The average molecular weight is 380 g/mol. The Bertz CT molecular complexity index is 980. The highest BCUT2D eigenvalue weighted by molar-refractivity contribution is 5.63. The first-order chi connectivity index (χ1) is 13.7. The first-order valence-corrected chi connectivity index (χ1v) is 8.68. The van der Waals surface area contributed by atoms with E-state index in [0.717, 1.165) is 17.0 Å².